The molecular formula is C31H21NO3. The summed E-state index contributed by atoms with van der Waals surface area (Å²) < 4.78 is 0. The maximum Gasteiger partial charge on any atom is 0.195 e. The lowest BCUT2D eigenvalue weighted by molar-refractivity contribution is 0.0972. The monoisotopic (exact) mass is 455 g/mol. The number of nitrogens with zero attached hydrogens (tertiary/aromatic N) is 1. The Morgan fingerprint density at radius 1 is 0.686 bits per heavy atom. The van der Waals surface area contributed by atoms with E-state index >= 15 is 0 Å². The minimum absolute atomic E-state index is 0.175. The molecule has 0 fully saturated rings. The van der Waals surface area contributed by atoms with E-state index in [0.717, 1.165) is 22.4 Å². The van der Waals surface area contributed by atoms with E-state index in [1.165, 1.54) is 6.08 Å². The molecule has 4 nitrogen and oxygen atoms in total. The standard InChI is InChI=1S/C31H21NO3/c1-20-7-2-5-12-27(20)32-19-22-15-13-21(14-16-22)17-18-28(33)25-10-6-11-26-29(25)31(35)24-9-4-3-8-23(24)30(26)34/h2-19H,1H3/b18-17+,32-19?. The number of ketones is 3. The molecule has 35 heavy (non-hydrogen) atoms. The SMILES string of the molecule is Cc1ccccc1N=Cc1ccc(/C=C/C(=O)c2cccc3c2C(=O)c2ccccc2C3=O)cc1. The third kappa shape index (κ3) is 4.30. The number of allylic oxidation sites excluding steroid dienone is 1. The average molecular weight is 456 g/mol. The predicted molar refractivity (Wildman–Crippen MR) is 138 cm³/mol. The predicted octanol–water partition coefficient (Wildman–Crippen LogP) is 6.42. The summed E-state index contributed by atoms with van der Waals surface area (Å²) in [5.74, 6) is -0.866. The molecule has 0 bridgehead atoms. The molecule has 0 heterocycles. The summed E-state index contributed by atoms with van der Waals surface area (Å²) in [5.41, 5.74) is 5.18. The van der Waals surface area contributed by atoms with Crippen LogP contribution in [0.3, 0.4) is 0 Å². The van der Waals surface area contributed by atoms with Crippen LogP contribution in [-0.2, 0) is 0 Å². The van der Waals surface area contributed by atoms with Gasteiger partial charge in [0.15, 0.2) is 17.3 Å². The van der Waals surface area contributed by atoms with Crippen molar-refractivity contribution in [1.29, 1.82) is 0 Å². The van der Waals surface area contributed by atoms with Crippen LogP contribution in [0, 0.1) is 6.92 Å². The summed E-state index contributed by atoms with van der Waals surface area (Å²) in [7, 11) is 0. The molecule has 0 radical (unpaired) electrons. The molecule has 0 N–H and O–H groups in total. The van der Waals surface area contributed by atoms with Crippen LogP contribution >= 0.6 is 0 Å². The Morgan fingerprint density at radius 3 is 2.06 bits per heavy atom. The number of aryl methyl sites for hydroxylation is 1. The first-order chi connectivity index (χ1) is 17.0. The molecule has 0 saturated heterocycles. The Morgan fingerprint density at radius 2 is 1.31 bits per heavy atom. The highest BCUT2D eigenvalue weighted by molar-refractivity contribution is 6.31. The maximum absolute atomic E-state index is 13.1. The average Bonchev–Trinajstić information content (AvgIpc) is 2.90. The number of rotatable bonds is 5. The lowest BCUT2D eigenvalue weighted by atomic mass is 9.81. The Bertz CT molecular complexity index is 1540. The van der Waals surface area contributed by atoms with Gasteiger partial charge in [0.1, 0.15) is 0 Å². The fourth-order valence-corrected chi connectivity index (χ4v) is 4.16. The van der Waals surface area contributed by atoms with Gasteiger partial charge in [0.2, 0.25) is 0 Å². The molecule has 1 aliphatic carbocycles. The number of fused-ring (bicyclic) bond motifs is 2. The first-order valence-corrected chi connectivity index (χ1v) is 11.3. The van der Waals surface area contributed by atoms with Gasteiger partial charge in [-0.15, -0.1) is 0 Å². The van der Waals surface area contributed by atoms with Gasteiger partial charge in [-0.1, -0.05) is 91.0 Å². The summed E-state index contributed by atoms with van der Waals surface area (Å²) in [4.78, 5) is 43.6. The highest BCUT2D eigenvalue weighted by Gasteiger charge is 2.32. The van der Waals surface area contributed by atoms with Crippen LogP contribution in [0.15, 0.2) is 102 Å². The fraction of sp³-hybridized carbons (Fsp3) is 0.0323. The summed E-state index contributed by atoms with van der Waals surface area (Å²) in [5, 5.41) is 0. The largest absolute Gasteiger partial charge is 0.289 e. The van der Waals surface area contributed by atoms with E-state index in [4.69, 9.17) is 0 Å². The molecule has 1 aliphatic rings. The molecule has 4 aromatic rings. The fourth-order valence-electron chi connectivity index (χ4n) is 4.16. The van der Waals surface area contributed by atoms with Crippen molar-refractivity contribution in [1.82, 2.24) is 0 Å². The van der Waals surface area contributed by atoms with Crippen molar-refractivity contribution in [3.05, 3.63) is 142 Å². The third-order valence-electron chi connectivity index (χ3n) is 6.05. The molecule has 0 unspecified atom stereocenters. The number of carbonyl (C=O) groups excluding carboxylic acids is 3. The van der Waals surface area contributed by atoms with E-state index in [-0.39, 0.29) is 34.0 Å². The molecule has 0 spiro atoms. The lowest BCUT2D eigenvalue weighted by Gasteiger charge is -2.19. The van der Waals surface area contributed by atoms with Crippen molar-refractivity contribution in [2.75, 3.05) is 0 Å². The lowest BCUT2D eigenvalue weighted by Crippen LogP contribution is -2.23. The Kier molecular flexibility index (Phi) is 5.86. The molecule has 0 amide bonds. The molecule has 0 aromatic heterocycles. The zero-order valence-corrected chi connectivity index (χ0v) is 19.1. The second-order valence-electron chi connectivity index (χ2n) is 8.34. The van der Waals surface area contributed by atoms with E-state index in [1.54, 1.807) is 54.8 Å². The third-order valence-corrected chi connectivity index (χ3v) is 6.05. The highest BCUT2D eigenvalue weighted by atomic mass is 16.1. The van der Waals surface area contributed by atoms with Crippen molar-refractivity contribution in [2.45, 2.75) is 6.92 Å². The van der Waals surface area contributed by atoms with Gasteiger partial charge in [-0.2, -0.15) is 0 Å². The summed E-state index contributed by atoms with van der Waals surface area (Å²) in [6, 6.07) is 27.1. The summed E-state index contributed by atoms with van der Waals surface area (Å²) >= 11 is 0. The van der Waals surface area contributed by atoms with E-state index in [2.05, 4.69) is 4.99 Å². The minimum Gasteiger partial charge on any atom is -0.289 e. The number of hydrogen-bond acceptors (Lipinski definition) is 4. The van der Waals surface area contributed by atoms with Crippen LogP contribution in [0.5, 0.6) is 0 Å². The van der Waals surface area contributed by atoms with Gasteiger partial charge in [-0.25, -0.2) is 0 Å². The van der Waals surface area contributed by atoms with Crippen LogP contribution in [0.4, 0.5) is 5.69 Å². The summed E-state index contributed by atoms with van der Waals surface area (Å²) in [6.45, 7) is 2.02. The first kappa shape index (κ1) is 22.1. The number of benzene rings is 4. The zero-order valence-electron chi connectivity index (χ0n) is 19.1. The van der Waals surface area contributed by atoms with Crippen LogP contribution in [-0.4, -0.2) is 23.6 Å². The van der Waals surface area contributed by atoms with Gasteiger partial charge in [-0.05, 0) is 35.8 Å². The Balaban J connectivity index is 1.37. The molecule has 0 aliphatic heterocycles. The number of carbonyl (C=O) groups is 3. The van der Waals surface area contributed by atoms with E-state index in [0.29, 0.717) is 11.1 Å². The molecule has 0 saturated carbocycles. The van der Waals surface area contributed by atoms with Gasteiger partial charge >= 0.3 is 0 Å². The van der Waals surface area contributed by atoms with Crippen molar-refractivity contribution >= 4 is 35.3 Å². The van der Waals surface area contributed by atoms with Gasteiger partial charge < -0.3 is 0 Å². The molecule has 168 valence electrons. The molecule has 4 heteroatoms. The van der Waals surface area contributed by atoms with Crippen molar-refractivity contribution in [3.63, 3.8) is 0 Å². The second-order valence-corrected chi connectivity index (χ2v) is 8.34. The topological polar surface area (TPSA) is 63.6 Å². The maximum atomic E-state index is 13.1. The zero-order chi connectivity index (χ0) is 24.4. The second kappa shape index (κ2) is 9.27. The van der Waals surface area contributed by atoms with E-state index < -0.39 is 0 Å². The van der Waals surface area contributed by atoms with Crippen molar-refractivity contribution in [3.8, 4) is 0 Å². The van der Waals surface area contributed by atoms with Gasteiger partial charge in [0.05, 0.1) is 5.69 Å². The number of hydrogen-bond donors (Lipinski definition) is 0. The number of aliphatic imine (C=N–C) groups is 1. The van der Waals surface area contributed by atoms with E-state index in [9.17, 15) is 14.4 Å². The summed E-state index contributed by atoms with van der Waals surface area (Å²) in [6.07, 6.45) is 4.94. The Labute approximate surface area is 203 Å². The van der Waals surface area contributed by atoms with Crippen LogP contribution in [0.25, 0.3) is 6.08 Å². The molecular weight excluding hydrogens is 434 g/mol. The molecule has 4 aromatic carbocycles. The molecule has 5 rings (SSSR count). The van der Waals surface area contributed by atoms with Gasteiger partial charge in [-0.3, -0.25) is 19.4 Å². The van der Waals surface area contributed by atoms with Gasteiger partial charge in [0, 0.05) is 34.0 Å². The Hall–Kier alpha value is -4.70. The number of para-hydroxylation sites is 1. The van der Waals surface area contributed by atoms with E-state index in [1.807, 2.05) is 55.5 Å². The van der Waals surface area contributed by atoms with Crippen molar-refractivity contribution < 1.29 is 14.4 Å². The van der Waals surface area contributed by atoms with Gasteiger partial charge in [0.25, 0.3) is 0 Å². The quantitative estimate of drug-likeness (QED) is 0.175. The van der Waals surface area contributed by atoms with Crippen LogP contribution in [0.1, 0.15) is 58.9 Å². The van der Waals surface area contributed by atoms with Crippen molar-refractivity contribution in [2.24, 2.45) is 4.99 Å². The molecule has 0 atom stereocenters. The van der Waals surface area contributed by atoms with Crippen LogP contribution < -0.4 is 0 Å². The minimum atomic E-state index is -0.326. The smallest absolute Gasteiger partial charge is 0.195 e. The first-order valence-electron chi connectivity index (χ1n) is 11.3. The normalized spacial score (nSPS) is 12.7. The highest BCUT2D eigenvalue weighted by Crippen LogP contribution is 2.30. The van der Waals surface area contributed by atoms with Crippen LogP contribution in [0.2, 0.25) is 0 Å².